The topological polar surface area (TPSA) is 113 Å². The van der Waals surface area contributed by atoms with Crippen LogP contribution in [-0.4, -0.2) is 56.3 Å². The predicted molar refractivity (Wildman–Crippen MR) is 128 cm³/mol. The van der Waals surface area contributed by atoms with E-state index in [1.807, 2.05) is 45.0 Å². The predicted octanol–water partition coefficient (Wildman–Crippen LogP) is 2.09. The molecule has 1 aromatic carbocycles. The van der Waals surface area contributed by atoms with Crippen molar-refractivity contribution in [3.05, 3.63) is 41.8 Å². The van der Waals surface area contributed by atoms with Crippen molar-refractivity contribution >= 4 is 24.2 Å². The molecule has 2 aromatic rings. The van der Waals surface area contributed by atoms with Gasteiger partial charge in [0, 0.05) is 25.6 Å². The summed E-state index contributed by atoms with van der Waals surface area (Å²) in [5.41, 5.74) is 7.20. The number of carbonyl (C=O) groups is 2. The number of nitrogens with one attached hydrogen (secondary N) is 1. The maximum Gasteiger partial charge on any atom is 0.243 e. The second-order valence-electron chi connectivity index (χ2n) is 10.4. The van der Waals surface area contributed by atoms with E-state index in [4.69, 9.17) is 5.73 Å². The third kappa shape index (κ3) is 4.82. The molecule has 2 aliphatic rings. The number of aromatic nitrogens is 2. The molecule has 4 rings (SSSR count). The molecule has 2 heterocycles. The Balaban J connectivity index is 0.00000324. The van der Waals surface area contributed by atoms with E-state index in [1.54, 1.807) is 7.05 Å². The van der Waals surface area contributed by atoms with E-state index in [0.717, 1.165) is 18.4 Å². The van der Waals surface area contributed by atoms with Gasteiger partial charge in [-0.1, -0.05) is 45.0 Å². The summed E-state index contributed by atoms with van der Waals surface area (Å²) in [6, 6.07) is 5.88. The Bertz CT molecular complexity index is 1040. The minimum atomic E-state index is -0.770. The minimum Gasteiger partial charge on any atom is -0.391 e. The number of benzene rings is 1. The van der Waals surface area contributed by atoms with Crippen molar-refractivity contribution in [2.24, 2.45) is 18.2 Å². The van der Waals surface area contributed by atoms with Gasteiger partial charge in [-0.3, -0.25) is 14.3 Å². The molecule has 1 saturated carbocycles. The monoisotopic (exact) mass is 493 g/mol. The normalized spacial score (nSPS) is 22.1. The quantitative estimate of drug-likeness (QED) is 0.590. The van der Waals surface area contributed by atoms with Gasteiger partial charge in [0.2, 0.25) is 11.8 Å². The van der Waals surface area contributed by atoms with Crippen LogP contribution in [0.15, 0.2) is 30.5 Å². The van der Waals surface area contributed by atoms with E-state index < -0.39 is 35.0 Å². The van der Waals surface area contributed by atoms with E-state index in [1.165, 1.54) is 15.8 Å². The van der Waals surface area contributed by atoms with E-state index in [0.29, 0.717) is 11.3 Å². The van der Waals surface area contributed by atoms with Crippen molar-refractivity contribution < 1.29 is 19.1 Å². The van der Waals surface area contributed by atoms with Gasteiger partial charge < -0.3 is 21.1 Å². The Morgan fingerprint density at radius 1 is 1.26 bits per heavy atom. The number of likely N-dealkylation sites (tertiary alicyclic amines) is 1. The first-order chi connectivity index (χ1) is 15.4. The molecule has 0 radical (unpaired) electrons. The number of β-amino-alcohol motifs (C(OH)–C–C–N with tert-alkyl or cyclic N) is 1. The second kappa shape index (κ2) is 9.28. The molecule has 0 spiro atoms. The van der Waals surface area contributed by atoms with Crippen LogP contribution < -0.4 is 11.1 Å². The summed E-state index contributed by atoms with van der Waals surface area (Å²) in [6.07, 6.45) is 2.13. The first kappa shape index (κ1) is 26.1. The van der Waals surface area contributed by atoms with Gasteiger partial charge in [0.05, 0.1) is 23.9 Å². The number of nitrogens with zero attached hydrogens (tertiary/aromatic N) is 3. The number of amides is 2. The molecule has 34 heavy (non-hydrogen) atoms. The number of aryl methyl sites for hydroxylation is 1. The second-order valence-corrected chi connectivity index (χ2v) is 10.4. The number of hydrogen-bond donors (Lipinski definition) is 3. The van der Waals surface area contributed by atoms with Gasteiger partial charge in [-0.15, -0.1) is 12.4 Å². The van der Waals surface area contributed by atoms with E-state index in [9.17, 15) is 19.1 Å². The molecule has 1 aliphatic heterocycles. The highest BCUT2D eigenvalue weighted by Gasteiger charge is 2.49. The third-order valence-electron chi connectivity index (χ3n) is 6.78. The molecule has 186 valence electrons. The van der Waals surface area contributed by atoms with Crippen LogP contribution in [0.4, 0.5) is 4.39 Å². The lowest BCUT2D eigenvalue weighted by molar-refractivity contribution is -0.141. The molecule has 8 nitrogen and oxygen atoms in total. The zero-order valence-corrected chi connectivity index (χ0v) is 20.7. The SMILES string of the molecule is Cl.Cn1ncc(F)c1-c1ccc(C2(NC(=O)[C@@H]3C[C@@H](O)CN3C(=O)[C@@H](N)C(C)(C)C)CC2)cc1. The van der Waals surface area contributed by atoms with Crippen LogP contribution in [0.1, 0.15) is 45.6 Å². The number of nitrogens with two attached hydrogens (primary N) is 1. The lowest BCUT2D eigenvalue weighted by Gasteiger charge is -2.33. The first-order valence-electron chi connectivity index (χ1n) is 11.3. The van der Waals surface area contributed by atoms with Crippen LogP contribution in [0.3, 0.4) is 0 Å². The number of aliphatic hydroxyl groups excluding tert-OH is 1. The molecule has 3 atom stereocenters. The maximum absolute atomic E-state index is 14.0. The van der Waals surface area contributed by atoms with Crippen molar-refractivity contribution in [3.63, 3.8) is 0 Å². The Morgan fingerprint density at radius 2 is 1.88 bits per heavy atom. The molecular formula is C24H33ClFN5O3. The van der Waals surface area contributed by atoms with Crippen molar-refractivity contribution in [1.82, 2.24) is 20.0 Å². The fraction of sp³-hybridized carbons (Fsp3) is 0.542. The van der Waals surface area contributed by atoms with Gasteiger partial charge in [-0.05, 0) is 23.8 Å². The first-order valence-corrected chi connectivity index (χ1v) is 11.3. The summed E-state index contributed by atoms with van der Waals surface area (Å²) < 4.78 is 15.5. The molecule has 4 N–H and O–H groups in total. The largest absolute Gasteiger partial charge is 0.391 e. The standard InChI is InChI=1S/C24H32FN5O3.ClH/c1-23(2,3)20(26)22(33)30-13-16(31)11-18(30)21(32)28-24(9-10-24)15-7-5-14(6-8-15)19-17(25)12-27-29(19)4;/h5-8,12,16,18,20,31H,9-11,13,26H2,1-4H3,(H,28,32);1H/t16-,18+,20-;/m1./s1. The van der Waals surface area contributed by atoms with Gasteiger partial charge in [0.25, 0.3) is 0 Å². The number of hydrogen-bond acceptors (Lipinski definition) is 5. The molecule has 1 saturated heterocycles. The molecule has 1 aliphatic carbocycles. The minimum absolute atomic E-state index is 0. The zero-order valence-electron chi connectivity index (χ0n) is 19.9. The molecule has 2 fully saturated rings. The smallest absolute Gasteiger partial charge is 0.243 e. The highest BCUT2D eigenvalue weighted by Crippen LogP contribution is 2.46. The Hall–Kier alpha value is -2.49. The number of aliphatic hydroxyl groups is 1. The number of halogens is 2. The molecular weight excluding hydrogens is 461 g/mol. The van der Waals surface area contributed by atoms with Crippen LogP contribution in [0.25, 0.3) is 11.3 Å². The van der Waals surface area contributed by atoms with Crippen LogP contribution in [-0.2, 0) is 22.2 Å². The van der Waals surface area contributed by atoms with Crippen LogP contribution in [0.5, 0.6) is 0 Å². The van der Waals surface area contributed by atoms with E-state index >= 15 is 0 Å². The molecule has 0 bridgehead atoms. The van der Waals surface area contributed by atoms with Gasteiger partial charge >= 0.3 is 0 Å². The average Bonchev–Trinajstić information content (AvgIpc) is 3.30. The van der Waals surface area contributed by atoms with Gasteiger partial charge in [0.1, 0.15) is 11.7 Å². The van der Waals surface area contributed by atoms with Crippen LogP contribution >= 0.6 is 12.4 Å². The average molecular weight is 494 g/mol. The molecule has 1 aromatic heterocycles. The van der Waals surface area contributed by atoms with E-state index in [2.05, 4.69) is 10.4 Å². The maximum atomic E-state index is 14.0. The Labute approximate surface area is 205 Å². The van der Waals surface area contributed by atoms with Gasteiger partial charge in [-0.2, -0.15) is 5.10 Å². The summed E-state index contributed by atoms with van der Waals surface area (Å²) in [4.78, 5) is 27.6. The van der Waals surface area contributed by atoms with Crippen molar-refractivity contribution in [2.75, 3.05) is 6.54 Å². The highest BCUT2D eigenvalue weighted by atomic mass is 35.5. The third-order valence-corrected chi connectivity index (χ3v) is 6.78. The lowest BCUT2D eigenvalue weighted by atomic mass is 9.86. The summed E-state index contributed by atoms with van der Waals surface area (Å²) in [5, 5.41) is 17.2. The summed E-state index contributed by atoms with van der Waals surface area (Å²) >= 11 is 0. The summed E-state index contributed by atoms with van der Waals surface area (Å²) in [6.45, 7) is 5.71. The van der Waals surface area contributed by atoms with Crippen molar-refractivity contribution in [2.45, 2.75) is 63.8 Å². The fourth-order valence-electron chi connectivity index (χ4n) is 4.47. The molecule has 10 heteroatoms. The Morgan fingerprint density at radius 3 is 2.38 bits per heavy atom. The zero-order chi connectivity index (χ0) is 24.1. The van der Waals surface area contributed by atoms with Crippen LogP contribution in [0, 0.1) is 11.2 Å². The Kier molecular flexibility index (Phi) is 7.13. The molecule has 0 unspecified atom stereocenters. The fourth-order valence-corrected chi connectivity index (χ4v) is 4.47. The number of carbonyl (C=O) groups excluding carboxylic acids is 2. The van der Waals surface area contributed by atoms with Crippen molar-refractivity contribution in [1.29, 1.82) is 0 Å². The summed E-state index contributed by atoms with van der Waals surface area (Å²) in [5.74, 6) is -1.01. The van der Waals surface area contributed by atoms with Crippen LogP contribution in [0.2, 0.25) is 0 Å². The van der Waals surface area contributed by atoms with Crippen molar-refractivity contribution in [3.8, 4) is 11.3 Å². The lowest BCUT2D eigenvalue weighted by Crippen LogP contribution is -2.55. The highest BCUT2D eigenvalue weighted by molar-refractivity contribution is 5.91. The summed E-state index contributed by atoms with van der Waals surface area (Å²) in [7, 11) is 1.68. The van der Waals surface area contributed by atoms with Gasteiger partial charge in [-0.25, -0.2) is 4.39 Å². The van der Waals surface area contributed by atoms with E-state index in [-0.39, 0.29) is 37.2 Å². The number of rotatable bonds is 5. The van der Waals surface area contributed by atoms with Gasteiger partial charge in [0.15, 0.2) is 5.82 Å². The molecule has 2 amide bonds.